The van der Waals surface area contributed by atoms with Crippen LogP contribution < -0.4 is 5.32 Å². The average Bonchev–Trinajstić information content (AvgIpc) is 2.50. The van der Waals surface area contributed by atoms with Crippen molar-refractivity contribution in [1.29, 1.82) is 0 Å². The smallest absolute Gasteiger partial charge is 0.00273 e. The lowest BCUT2D eigenvalue weighted by Crippen LogP contribution is -2.58. The van der Waals surface area contributed by atoms with Crippen LogP contribution in [0.1, 0.15) is 42.0 Å². The summed E-state index contributed by atoms with van der Waals surface area (Å²) < 4.78 is 0. The number of benzene rings is 2. The number of hydrogen-bond donors (Lipinski definition) is 1. The van der Waals surface area contributed by atoms with Gasteiger partial charge in [-0.15, -0.1) is 0 Å². The molecule has 2 fully saturated rings. The summed E-state index contributed by atoms with van der Waals surface area (Å²) in [6.45, 7) is 6.78. The Morgan fingerprint density at radius 2 is 1.48 bits per heavy atom. The number of allylic oxidation sites excluding steroid dienone is 1. The predicted octanol–water partition coefficient (Wildman–Crippen LogP) is 4.74. The fraction of sp³-hybridized carbons (Fsp3) is 0.364. The molecule has 0 unspecified atom stereocenters. The second-order valence-electron chi connectivity index (χ2n) is 7.35. The summed E-state index contributed by atoms with van der Waals surface area (Å²) in [4.78, 5) is 0. The van der Waals surface area contributed by atoms with E-state index in [-0.39, 0.29) is 0 Å². The van der Waals surface area contributed by atoms with Gasteiger partial charge >= 0.3 is 0 Å². The molecule has 1 saturated carbocycles. The van der Waals surface area contributed by atoms with Crippen LogP contribution in [-0.2, 0) is 6.42 Å². The van der Waals surface area contributed by atoms with E-state index >= 15 is 0 Å². The minimum absolute atomic E-state index is 0.578. The fourth-order valence-corrected chi connectivity index (χ4v) is 3.96. The summed E-state index contributed by atoms with van der Waals surface area (Å²) in [6, 6.07) is 18.2. The Morgan fingerprint density at radius 1 is 0.913 bits per heavy atom. The zero-order valence-electron chi connectivity index (χ0n) is 14.2. The molecule has 23 heavy (non-hydrogen) atoms. The summed E-state index contributed by atoms with van der Waals surface area (Å²) >= 11 is 0. The van der Waals surface area contributed by atoms with E-state index in [1.165, 1.54) is 53.8 Å². The Morgan fingerprint density at radius 3 is 1.96 bits per heavy atom. The molecule has 2 aliphatic rings. The van der Waals surface area contributed by atoms with E-state index < -0.39 is 0 Å². The van der Waals surface area contributed by atoms with Crippen molar-refractivity contribution >= 4 is 5.57 Å². The molecule has 0 aromatic heterocycles. The Kier molecular flexibility index (Phi) is 3.61. The molecule has 1 spiro atoms. The van der Waals surface area contributed by atoms with E-state index in [1.54, 1.807) is 5.57 Å². The number of hydrogen-bond acceptors (Lipinski definition) is 1. The van der Waals surface area contributed by atoms with Crippen LogP contribution in [0.25, 0.3) is 5.57 Å². The summed E-state index contributed by atoms with van der Waals surface area (Å²) in [5.74, 6) is 0. The van der Waals surface area contributed by atoms with E-state index in [0.717, 1.165) is 6.42 Å². The van der Waals surface area contributed by atoms with Crippen molar-refractivity contribution in [2.45, 2.75) is 33.1 Å². The lowest BCUT2D eigenvalue weighted by molar-refractivity contribution is 0.113. The molecule has 1 N–H and O–H groups in total. The van der Waals surface area contributed by atoms with Gasteiger partial charge in [0.15, 0.2) is 0 Å². The largest absolute Gasteiger partial charge is 0.315 e. The van der Waals surface area contributed by atoms with Gasteiger partial charge in [-0.05, 0) is 48.4 Å². The zero-order chi connectivity index (χ0) is 15.9. The van der Waals surface area contributed by atoms with E-state index in [9.17, 15) is 0 Å². The predicted molar refractivity (Wildman–Crippen MR) is 97.6 cm³/mol. The van der Waals surface area contributed by atoms with E-state index in [0.29, 0.717) is 5.41 Å². The lowest BCUT2D eigenvalue weighted by atomic mass is 9.60. The first kappa shape index (κ1) is 14.7. The Balaban J connectivity index is 1.74. The number of rotatable bonds is 3. The van der Waals surface area contributed by atoms with Crippen molar-refractivity contribution in [1.82, 2.24) is 5.32 Å². The third-order valence-electron chi connectivity index (χ3n) is 5.52. The molecule has 4 rings (SSSR count). The van der Waals surface area contributed by atoms with Crippen molar-refractivity contribution in [3.63, 3.8) is 0 Å². The summed E-state index contributed by atoms with van der Waals surface area (Å²) in [5, 5.41) is 3.44. The van der Waals surface area contributed by atoms with Crippen LogP contribution in [0.2, 0.25) is 0 Å². The van der Waals surface area contributed by atoms with Gasteiger partial charge in [-0.2, -0.15) is 0 Å². The van der Waals surface area contributed by atoms with Crippen LogP contribution in [-0.4, -0.2) is 13.1 Å². The quantitative estimate of drug-likeness (QED) is 0.863. The van der Waals surface area contributed by atoms with Crippen molar-refractivity contribution < 1.29 is 0 Å². The second kappa shape index (κ2) is 5.65. The topological polar surface area (TPSA) is 12.0 Å². The van der Waals surface area contributed by atoms with Crippen molar-refractivity contribution in [3.05, 3.63) is 76.4 Å². The Hall–Kier alpha value is -1.86. The van der Waals surface area contributed by atoms with Gasteiger partial charge in [0, 0.05) is 18.5 Å². The molecular formula is C22H25N. The van der Waals surface area contributed by atoms with Gasteiger partial charge in [0.2, 0.25) is 0 Å². The van der Waals surface area contributed by atoms with Crippen molar-refractivity contribution in [2.24, 2.45) is 5.41 Å². The van der Waals surface area contributed by atoms with E-state index in [2.05, 4.69) is 67.7 Å². The molecule has 118 valence electrons. The molecule has 1 aliphatic heterocycles. The highest BCUT2D eigenvalue weighted by molar-refractivity contribution is 5.83. The second-order valence-corrected chi connectivity index (χ2v) is 7.35. The first-order valence-electron chi connectivity index (χ1n) is 8.78. The summed E-state index contributed by atoms with van der Waals surface area (Å²) in [6.07, 6.45) is 3.63. The van der Waals surface area contributed by atoms with Crippen molar-refractivity contribution in [2.75, 3.05) is 13.1 Å². The fourth-order valence-electron chi connectivity index (χ4n) is 3.96. The molecule has 1 saturated heterocycles. The normalized spacial score (nSPS) is 18.4. The minimum atomic E-state index is 0.578. The van der Waals surface area contributed by atoms with E-state index in [1.807, 2.05) is 0 Å². The summed E-state index contributed by atoms with van der Waals surface area (Å²) in [5.41, 5.74) is 9.18. The first-order chi connectivity index (χ1) is 11.2. The molecule has 0 bridgehead atoms. The molecule has 1 heteroatoms. The van der Waals surface area contributed by atoms with Gasteiger partial charge in [-0.1, -0.05) is 66.6 Å². The zero-order valence-corrected chi connectivity index (χ0v) is 14.2. The van der Waals surface area contributed by atoms with Crippen LogP contribution in [0.4, 0.5) is 0 Å². The minimum Gasteiger partial charge on any atom is -0.315 e. The molecule has 1 heterocycles. The molecule has 0 atom stereocenters. The van der Waals surface area contributed by atoms with Gasteiger partial charge in [-0.25, -0.2) is 0 Å². The van der Waals surface area contributed by atoms with Gasteiger partial charge in [0.05, 0.1) is 0 Å². The maximum absolute atomic E-state index is 3.44. The monoisotopic (exact) mass is 303 g/mol. The van der Waals surface area contributed by atoms with Crippen LogP contribution >= 0.6 is 0 Å². The SMILES string of the molecule is CCc1ccc(C(=C2CC3(CNC3)C2)c2ccc(C)cc2)cc1. The van der Waals surface area contributed by atoms with Crippen LogP contribution in [0, 0.1) is 12.3 Å². The molecule has 2 aromatic rings. The average molecular weight is 303 g/mol. The highest BCUT2D eigenvalue weighted by atomic mass is 15.0. The van der Waals surface area contributed by atoms with Gasteiger partial charge in [-0.3, -0.25) is 0 Å². The number of aryl methyl sites for hydroxylation is 2. The highest BCUT2D eigenvalue weighted by Crippen LogP contribution is 2.51. The van der Waals surface area contributed by atoms with Crippen LogP contribution in [0.15, 0.2) is 54.1 Å². The third-order valence-corrected chi connectivity index (χ3v) is 5.52. The molecule has 0 radical (unpaired) electrons. The number of nitrogens with one attached hydrogen (secondary N) is 1. The van der Waals surface area contributed by atoms with Gasteiger partial charge in [0.25, 0.3) is 0 Å². The summed E-state index contributed by atoms with van der Waals surface area (Å²) in [7, 11) is 0. The first-order valence-corrected chi connectivity index (χ1v) is 8.78. The molecule has 0 amide bonds. The van der Waals surface area contributed by atoms with Gasteiger partial charge < -0.3 is 5.32 Å². The van der Waals surface area contributed by atoms with Crippen LogP contribution in [0.5, 0.6) is 0 Å². The Labute approximate surface area is 139 Å². The third kappa shape index (κ3) is 2.64. The lowest BCUT2D eigenvalue weighted by Gasteiger charge is -2.52. The molecule has 2 aromatic carbocycles. The maximum Gasteiger partial charge on any atom is 0.00273 e. The van der Waals surface area contributed by atoms with Crippen molar-refractivity contribution in [3.8, 4) is 0 Å². The highest BCUT2D eigenvalue weighted by Gasteiger charge is 2.46. The molecular weight excluding hydrogens is 278 g/mol. The molecule has 1 aliphatic carbocycles. The van der Waals surface area contributed by atoms with E-state index in [4.69, 9.17) is 0 Å². The van der Waals surface area contributed by atoms with Crippen LogP contribution in [0.3, 0.4) is 0 Å². The molecule has 1 nitrogen and oxygen atoms in total. The maximum atomic E-state index is 3.44. The standard InChI is InChI=1S/C22H25N/c1-3-17-6-10-19(11-7-17)21(18-8-4-16(2)5-9-18)20-12-22(13-20)14-23-15-22/h4-11,23H,3,12-15H2,1-2H3. The Bertz CT molecular complexity index is 721. The van der Waals surface area contributed by atoms with Gasteiger partial charge in [0.1, 0.15) is 0 Å².